The molecular weight excluding hydrogens is 537 g/mol. The van der Waals surface area contributed by atoms with Crippen molar-refractivity contribution >= 4 is 68.4 Å². The van der Waals surface area contributed by atoms with Crippen molar-refractivity contribution in [1.29, 1.82) is 0 Å². The Balaban J connectivity index is 1.41. The number of amides is 2. The second-order valence-electron chi connectivity index (χ2n) is 9.31. The van der Waals surface area contributed by atoms with Crippen LogP contribution in [0.4, 0.5) is 16.4 Å². The van der Waals surface area contributed by atoms with Crippen molar-refractivity contribution in [2.75, 3.05) is 10.2 Å². The highest BCUT2D eigenvalue weighted by atomic mass is 35.5. The number of aliphatic imine (C=N–C) groups is 1. The first-order chi connectivity index (χ1) is 18.5. The monoisotopic (exact) mass is 559 g/mol. The van der Waals surface area contributed by atoms with E-state index in [2.05, 4.69) is 5.32 Å². The van der Waals surface area contributed by atoms with Gasteiger partial charge in [0.05, 0.1) is 17.8 Å². The molecule has 0 saturated heterocycles. The summed E-state index contributed by atoms with van der Waals surface area (Å²) in [7, 11) is 0. The predicted molar refractivity (Wildman–Crippen MR) is 156 cm³/mol. The summed E-state index contributed by atoms with van der Waals surface area (Å²) in [6.45, 7) is 0.333. The number of nitrogens with one attached hydrogen (secondary N) is 1. The Bertz CT molecular complexity index is 1590. The van der Waals surface area contributed by atoms with Gasteiger partial charge >= 0.3 is 0 Å². The molecule has 6 rings (SSSR count). The van der Waals surface area contributed by atoms with Crippen molar-refractivity contribution in [3.63, 3.8) is 0 Å². The van der Waals surface area contributed by atoms with E-state index in [0.29, 0.717) is 38.6 Å². The van der Waals surface area contributed by atoms with Crippen LogP contribution in [0.2, 0.25) is 10.0 Å². The summed E-state index contributed by atoms with van der Waals surface area (Å²) >= 11 is 13.9. The molecule has 2 aliphatic rings. The lowest BCUT2D eigenvalue weighted by molar-refractivity contribution is -0.112. The van der Waals surface area contributed by atoms with Crippen LogP contribution in [0.3, 0.4) is 0 Å². The number of carbonyl (C=O) groups excluding carboxylic acids is 2. The minimum absolute atomic E-state index is 0.207. The third-order valence-electron chi connectivity index (χ3n) is 6.88. The number of thiophene rings is 1. The lowest BCUT2D eigenvalue weighted by Crippen LogP contribution is -2.29. The van der Waals surface area contributed by atoms with Crippen molar-refractivity contribution in [1.82, 2.24) is 0 Å². The summed E-state index contributed by atoms with van der Waals surface area (Å²) in [5.41, 5.74) is 4.98. The summed E-state index contributed by atoms with van der Waals surface area (Å²) in [5.74, 6) is -0.431. The summed E-state index contributed by atoms with van der Waals surface area (Å²) in [5, 5.41) is 4.77. The average Bonchev–Trinajstić information content (AvgIpc) is 3.42. The number of hydrogen-bond acceptors (Lipinski definition) is 4. The Kier molecular flexibility index (Phi) is 6.78. The van der Waals surface area contributed by atoms with E-state index in [1.54, 1.807) is 29.2 Å². The number of fused-ring (bicyclic) bond motifs is 2. The van der Waals surface area contributed by atoms with Gasteiger partial charge in [-0.05, 0) is 73.2 Å². The molecule has 0 spiro atoms. The van der Waals surface area contributed by atoms with E-state index in [1.807, 2.05) is 48.5 Å². The highest BCUT2D eigenvalue weighted by Gasteiger charge is 2.35. The zero-order chi connectivity index (χ0) is 26.2. The van der Waals surface area contributed by atoms with Gasteiger partial charge in [-0.1, -0.05) is 59.6 Å². The summed E-state index contributed by atoms with van der Waals surface area (Å²) < 4.78 is 0. The summed E-state index contributed by atoms with van der Waals surface area (Å²) in [4.78, 5) is 35.1. The van der Waals surface area contributed by atoms with Gasteiger partial charge in [-0.15, -0.1) is 11.3 Å². The maximum atomic E-state index is 13.8. The molecule has 0 radical (unpaired) electrons. The van der Waals surface area contributed by atoms with Crippen LogP contribution in [0.1, 0.15) is 44.8 Å². The first-order valence-electron chi connectivity index (χ1n) is 12.4. The van der Waals surface area contributed by atoms with Gasteiger partial charge in [-0.3, -0.25) is 9.59 Å². The standard InChI is InChI=1S/C30H23Cl2N3O2S/c31-19-13-15-20(16-14-19)33-28(36)26-22-9-3-6-12-25(22)38-29(26)34-27-21-8-2-5-11-24(21)35(30(27)37)17-18-7-1-4-10-23(18)32/h1-2,4-5,7-8,10-11,13-16H,3,6,9,12,17H2,(H,33,36). The SMILES string of the molecule is O=C(Nc1ccc(Cl)cc1)c1c(N=C2C(=O)N(Cc3ccccc3Cl)c3ccccc32)sc2c1CCCC2. The molecule has 8 heteroatoms. The third-order valence-corrected chi connectivity index (χ3v) is 8.69. The van der Waals surface area contributed by atoms with Crippen molar-refractivity contribution in [3.05, 3.63) is 110 Å². The molecule has 1 N–H and O–H groups in total. The van der Waals surface area contributed by atoms with Gasteiger partial charge in [0.25, 0.3) is 11.8 Å². The molecule has 3 aromatic carbocycles. The van der Waals surface area contributed by atoms with Crippen molar-refractivity contribution < 1.29 is 9.59 Å². The molecule has 1 aromatic heterocycles. The molecule has 0 saturated carbocycles. The second-order valence-corrected chi connectivity index (χ2v) is 11.2. The zero-order valence-corrected chi connectivity index (χ0v) is 22.7. The smallest absolute Gasteiger partial charge is 0.277 e. The minimum Gasteiger partial charge on any atom is -0.322 e. The van der Waals surface area contributed by atoms with Gasteiger partial charge in [0, 0.05) is 26.2 Å². The Morgan fingerprint density at radius 1 is 0.947 bits per heavy atom. The number of para-hydroxylation sites is 1. The number of nitrogens with zero attached hydrogens (tertiary/aromatic N) is 2. The Hall–Kier alpha value is -3.45. The molecular formula is C30H23Cl2N3O2S. The second kappa shape index (κ2) is 10.4. The van der Waals surface area contributed by atoms with Crippen molar-refractivity contribution in [3.8, 4) is 0 Å². The van der Waals surface area contributed by atoms with Crippen LogP contribution < -0.4 is 10.2 Å². The van der Waals surface area contributed by atoms with Crippen LogP contribution in [0.15, 0.2) is 77.8 Å². The molecule has 2 amide bonds. The summed E-state index contributed by atoms with van der Waals surface area (Å²) in [6, 6.07) is 22.2. The summed E-state index contributed by atoms with van der Waals surface area (Å²) in [6.07, 6.45) is 3.84. The average molecular weight is 561 g/mol. The Labute approximate surface area is 234 Å². The van der Waals surface area contributed by atoms with Gasteiger partial charge in [-0.2, -0.15) is 0 Å². The molecule has 190 valence electrons. The number of carbonyl (C=O) groups is 2. The lowest BCUT2D eigenvalue weighted by Gasteiger charge is -2.17. The number of aryl methyl sites for hydroxylation is 1. The van der Waals surface area contributed by atoms with Crippen LogP contribution in [0.25, 0.3) is 0 Å². The maximum Gasteiger partial charge on any atom is 0.277 e. The fraction of sp³-hybridized carbons (Fsp3) is 0.167. The molecule has 0 bridgehead atoms. The third kappa shape index (κ3) is 4.64. The largest absolute Gasteiger partial charge is 0.322 e. The van der Waals surface area contributed by atoms with Crippen molar-refractivity contribution in [2.24, 2.45) is 4.99 Å². The number of anilines is 2. The van der Waals surface area contributed by atoms with E-state index in [9.17, 15) is 9.59 Å². The van der Waals surface area contributed by atoms with Gasteiger partial charge in [-0.25, -0.2) is 4.99 Å². The molecule has 1 aliphatic heterocycles. The topological polar surface area (TPSA) is 61.8 Å². The van der Waals surface area contributed by atoms with Crippen LogP contribution in [0.5, 0.6) is 0 Å². The fourth-order valence-corrected chi connectivity index (χ4v) is 6.60. The van der Waals surface area contributed by atoms with E-state index in [4.69, 9.17) is 28.2 Å². The number of benzene rings is 3. The molecule has 0 fully saturated rings. The van der Waals surface area contributed by atoms with Gasteiger partial charge < -0.3 is 10.2 Å². The van der Waals surface area contributed by atoms with Crippen LogP contribution in [0, 0.1) is 0 Å². The predicted octanol–water partition coefficient (Wildman–Crippen LogP) is 7.85. The van der Waals surface area contributed by atoms with E-state index >= 15 is 0 Å². The van der Waals surface area contributed by atoms with Crippen LogP contribution >= 0.6 is 34.5 Å². The van der Waals surface area contributed by atoms with E-state index in [0.717, 1.165) is 48.1 Å². The Morgan fingerprint density at radius 3 is 2.50 bits per heavy atom. The maximum absolute atomic E-state index is 13.8. The molecule has 0 unspecified atom stereocenters. The molecule has 5 nitrogen and oxygen atoms in total. The van der Waals surface area contributed by atoms with Gasteiger partial charge in [0.2, 0.25) is 0 Å². The van der Waals surface area contributed by atoms with Crippen LogP contribution in [-0.4, -0.2) is 17.5 Å². The minimum atomic E-state index is -0.224. The van der Waals surface area contributed by atoms with Crippen LogP contribution in [-0.2, 0) is 24.2 Å². The molecule has 4 aromatic rings. The molecule has 38 heavy (non-hydrogen) atoms. The zero-order valence-electron chi connectivity index (χ0n) is 20.3. The van der Waals surface area contributed by atoms with Crippen molar-refractivity contribution in [2.45, 2.75) is 32.2 Å². The highest BCUT2D eigenvalue weighted by Crippen LogP contribution is 2.42. The van der Waals surface area contributed by atoms with Gasteiger partial charge in [0.1, 0.15) is 10.7 Å². The number of halogens is 2. The highest BCUT2D eigenvalue weighted by molar-refractivity contribution is 7.16. The van der Waals surface area contributed by atoms with E-state index < -0.39 is 0 Å². The lowest BCUT2D eigenvalue weighted by atomic mass is 9.95. The molecule has 0 atom stereocenters. The quantitative estimate of drug-likeness (QED) is 0.270. The molecule has 2 heterocycles. The number of rotatable bonds is 5. The van der Waals surface area contributed by atoms with E-state index in [-0.39, 0.29) is 11.8 Å². The first-order valence-corrected chi connectivity index (χ1v) is 14.0. The van der Waals surface area contributed by atoms with Gasteiger partial charge in [0.15, 0.2) is 0 Å². The van der Waals surface area contributed by atoms with E-state index in [1.165, 1.54) is 16.2 Å². The normalized spacial score (nSPS) is 15.5. The fourth-order valence-electron chi connectivity index (χ4n) is 5.02. The molecule has 1 aliphatic carbocycles. The first kappa shape index (κ1) is 24.9. The number of hydrogen-bond donors (Lipinski definition) is 1. The Morgan fingerprint density at radius 2 is 1.68 bits per heavy atom.